The van der Waals surface area contributed by atoms with Gasteiger partial charge in [-0.2, -0.15) is 0 Å². The molecule has 0 atom stereocenters. The SMILES string of the molecule is CCCCc1ccc(-c2cc(COc3ccc(F)c(C(N)=O)c3F)no2)cc1. The van der Waals surface area contributed by atoms with Crippen molar-refractivity contribution >= 4 is 5.91 Å². The largest absolute Gasteiger partial charge is 0.484 e. The van der Waals surface area contributed by atoms with Crippen LogP contribution in [0.1, 0.15) is 41.4 Å². The summed E-state index contributed by atoms with van der Waals surface area (Å²) in [6.45, 7) is 2.04. The van der Waals surface area contributed by atoms with Crippen LogP contribution in [0.15, 0.2) is 47.0 Å². The maximum absolute atomic E-state index is 14.2. The van der Waals surface area contributed by atoms with Gasteiger partial charge in [0, 0.05) is 11.6 Å². The highest BCUT2D eigenvalue weighted by Gasteiger charge is 2.19. The number of hydrogen-bond donors (Lipinski definition) is 1. The molecule has 7 heteroatoms. The van der Waals surface area contributed by atoms with Crippen molar-refractivity contribution in [3.8, 4) is 17.1 Å². The third-order valence-corrected chi connectivity index (χ3v) is 4.29. The van der Waals surface area contributed by atoms with Crippen molar-refractivity contribution in [2.24, 2.45) is 5.73 Å². The van der Waals surface area contributed by atoms with E-state index in [9.17, 15) is 13.6 Å². The van der Waals surface area contributed by atoms with E-state index in [1.807, 2.05) is 24.3 Å². The predicted molar refractivity (Wildman–Crippen MR) is 99.8 cm³/mol. The van der Waals surface area contributed by atoms with Gasteiger partial charge in [0.2, 0.25) is 0 Å². The number of aromatic nitrogens is 1. The van der Waals surface area contributed by atoms with E-state index < -0.39 is 23.1 Å². The van der Waals surface area contributed by atoms with Crippen LogP contribution in [0.4, 0.5) is 8.78 Å². The van der Waals surface area contributed by atoms with Crippen LogP contribution in [0.25, 0.3) is 11.3 Å². The van der Waals surface area contributed by atoms with E-state index in [1.54, 1.807) is 6.07 Å². The third-order valence-electron chi connectivity index (χ3n) is 4.29. The summed E-state index contributed by atoms with van der Waals surface area (Å²) in [5, 5.41) is 3.90. The lowest BCUT2D eigenvalue weighted by Crippen LogP contribution is -2.16. The molecule has 0 fully saturated rings. The highest BCUT2D eigenvalue weighted by atomic mass is 19.1. The number of unbranched alkanes of at least 4 members (excludes halogenated alkanes) is 1. The molecule has 0 radical (unpaired) electrons. The molecule has 0 saturated heterocycles. The molecule has 1 aromatic heterocycles. The molecule has 0 unspecified atom stereocenters. The van der Waals surface area contributed by atoms with Crippen molar-refractivity contribution in [2.45, 2.75) is 32.8 Å². The summed E-state index contributed by atoms with van der Waals surface area (Å²) < 4.78 is 38.3. The number of carbonyl (C=O) groups excluding carboxylic acids is 1. The molecule has 28 heavy (non-hydrogen) atoms. The van der Waals surface area contributed by atoms with Gasteiger partial charge in [0.1, 0.15) is 23.7 Å². The van der Waals surface area contributed by atoms with Crippen LogP contribution in [0.2, 0.25) is 0 Å². The minimum Gasteiger partial charge on any atom is -0.484 e. The summed E-state index contributed by atoms with van der Waals surface area (Å²) >= 11 is 0. The molecular weight excluding hydrogens is 366 g/mol. The van der Waals surface area contributed by atoms with E-state index in [2.05, 4.69) is 12.1 Å². The van der Waals surface area contributed by atoms with Crippen LogP contribution in [0, 0.1) is 11.6 Å². The first kappa shape index (κ1) is 19.5. The summed E-state index contributed by atoms with van der Waals surface area (Å²) in [6, 6.07) is 11.7. The number of amides is 1. The Labute approximate surface area is 161 Å². The van der Waals surface area contributed by atoms with Gasteiger partial charge in [0.05, 0.1) is 0 Å². The molecule has 0 aliphatic heterocycles. The van der Waals surface area contributed by atoms with Crippen molar-refractivity contribution in [2.75, 3.05) is 0 Å². The summed E-state index contributed by atoms with van der Waals surface area (Å²) in [5.41, 5.74) is 6.71. The lowest BCUT2D eigenvalue weighted by Gasteiger charge is -2.08. The average molecular weight is 386 g/mol. The van der Waals surface area contributed by atoms with E-state index in [4.69, 9.17) is 15.0 Å². The first-order valence-electron chi connectivity index (χ1n) is 8.95. The van der Waals surface area contributed by atoms with E-state index in [0.29, 0.717) is 11.5 Å². The molecule has 5 nitrogen and oxygen atoms in total. The maximum atomic E-state index is 14.2. The van der Waals surface area contributed by atoms with E-state index in [1.165, 1.54) is 5.56 Å². The minimum absolute atomic E-state index is 0.112. The van der Waals surface area contributed by atoms with E-state index >= 15 is 0 Å². The second kappa shape index (κ2) is 8.65. The number of nitrogens with two attached hydrogens (primary N) is 1. The summed E-state index contributed by atoms with van der Waals surface area (Å²) in [4.78, 5) is 11.2. The fraction of sp³-hybridized carbons (Fsp3) is 0.238. The topological polar surface area (TPSA) is 78.4 Å². The molecule has 3 rings (SSSR count). The van der Waals surface area contributed by atoms with Crippen molar-refractivity contribution in [1.29, 1.82) is 0 Å². The predicted octanol–water partition coefficient (Wildman–Crippen LogP) is 4.64. The number of rotatable bonds is 8. The van der Waals surface area contributed by atoms with Gasteiger partial charge in [-0.25, -0.2) is 8.78 Å². The van der Waals surface area contributed by atoms with Crippen LogP contribution < -0.4 is 10.5 Å². The standard InChI is InChI=1S/C21H20F2N2O3/c1-2-3-4-13-5-7-14(8-6-13)18-11-15(25-28-18)12-27-17-10-9-16(22)19(20(17)23)21(24)26/h5-11H,2-4,12H2,1H3,(H2,24,26). The Kier molecular flexibility index (Phi) is 6.03. The van der Waals surface area contributed by atoms with Crippen molar-refractivity contribution in [3.63, 3.8) is 0 Å². The van der Waals surface area contributed by atoms with Crippen LogP contribution in [-0.4, -0.2) is 11.1 Å². The molecule has 146 valence electrons. The molecule has 0 aliphatic rings. The average Bonchev–Trinajstić information content (AvgIpc) is 3.15. The maximum Gasteiger partial charge on any atom is 0.254 e. The van der Waals surface area contributed by atoms with Gasteiger partial charge in [-0.15, -0.1) is 0 Å². The Morgan fingerprint density at radius 1 is 1.18 bits per heavy atom. The zero-order valence-electron chi connectivity index (χ0n) is 15.4. The first-order chi connectivity index (χ1) is 13.5. The number of ether oxygens (including phenoxy) is 1. The van der Waals surface area contributed by atoms with Gasteiger partial charge < -0.3 is 15.0 Å². The van der Waals surface area contributed by atoms with Crippen molar-refractivity contribution < 1.29 is 22.8 Å². The molecule has 0 spiro atoms. The van der Waals surface area contributed by atoms with Gasteiger partial charge in [0.25, 0.3) is 5.91 Å². The highest BCUT2D eigenvalue weighted by molar-refractivity contribution is 5.93. The number of primary amides is 1. The molecule has 0 aliphatic carbocycles. The summed E-state index contributed by atoms with van der Waals surface area (Å²) in [7, 11) is 0. The van der Waals surface area contributed by atoms with Gasteiger partial charge in [-0.05, 0) is 30.5 Å². The molecule has 1 amide bonds. The monoisotopic (exact) mass is 386 g/mol. The molecule has 0 bridgehead atoms. The number of nitrogens with zero attached hydrogens (tertiary/aromatic N) is 1. The molecule has 3 aromatic rings. The Bertz CT molecular complexity index is 968. The van der Waals surface area contributed by atoms with Crippen molar-refractivity contribution in [3.05, 3.63) is 70.9 Å². The minimum atomic E-state index is -1.20. The lowest BCUT2D eigenvalue weighted by molar-refractivity contribution is 0.0991. The number of halogens is 2. The second-order valence-corrected chi connectivity index (χ2v) is 6.37. The molecule has 2 N–H and O–H groups in total. The molecular formula is C21H20F2N2O3. The van der Waals surface area contributed by atoms with Crippen LogP contribution in [-0.2, 0) is 13.0 Å². The zero-order chi connectivity index (χ0) is 20.1. The number of benzene rings is 2. The van der Waals surface area contributed by atoms with Crippen molar-refractivity contribution in [1.82, 2.24) is 5.16 Å². The quantitative estimate of drug-likeness (QED) is 0.612. The van der Waals surface area contributed by atoms with Crippen LogP contribution in [0.3, 0.4) is 0 Å². The van der Waals surface area contributed by atoms with Gasteiger partial charge in [0.15, 0.2) is 17.3 Å². The van der Waals surface area contributed by atoms with Crippen LogP contribution >= 0.6 is 0 Å². The number of carbonyl (C=O) groups is 1. The Balaban J connectivity index is 1.69. The number of aryl methyl sites for hydroxylation is 1. The Hall–Kier alpha value is -3.22. The smallest absolute Gasteiger partial charge is 0.254 e. The molecule has 0 saturated carbocycles. The summed E-state index contributed by atoms with van der Waals surface area (Å²) in [5.74, 6) is -3.12. The molecule has 1 heterocycles. The van der Waals surface area contributed by atoms with E-state index in [-0.39, 0.29) is 12.4 Å². The first-order valence-corrected chi connectivity index (χ1v) is 8.95. The Morgan fingerprint density at radius 2 is 1.93 bits per heavy atom. The normalized spacial score (nSPS) is 10.8. The fourth-order valence-electron chi connectivity index (χ4n) is 2.75. The third kappa shape index (κ3) is 4.36. The van der Waals surface area contributed by atoms with Gasteiger partial charge in [-0.3, -0.25) is 4.79 Å². The molecule has 2 aromatic carbocycles. The lowest BCUT2D eigenvalue weighted by atomic mass is 10.1. The van der Waals surface area contributed by atoms with Gasteiger partial charge >= 0.3 is 0 Å². The number of hydrogen-bond acceptors (Lipinski definition) is 4. The van der Waals surface area contributed by atoms with Crippen LogP contribution in [0.5, 0.6) is 5.75 Å². The summed E-state index contributed by atoms with van der Waals surface area (Å²) in [6.07, 6.45) is 3.31. The zero-order valence-corrected chi connectivity index (χ0v) is 15.4. The fourth-order valence-corrected chi connectivity index (χ4v) is 2.75. The highest BCUT2D eigenvalue weighted by Crippen LogP contribution is 2.25. The second-order valence-electron chi connectivity index (χ2n) is 6.37. The van der Waals surface area contributed by atoms with Gasteiger partial charge in [-0.1, -0.05) is 42.8 Å². The Morgan fingerprint density at radius 3 is 2.61 bits per heavy atom. The van der Waals surface area contributed by atoms with E-state index in [0.717, 1.165) is 37.0 Å².